The molecule has 0 spiro atoms. The summed E-state index contributed by atoms with van der Waals surface area (Å²) in [6.45, 7) is 3.17. The van der Waals surface area contributed by atoms with Gasteiger partial charge in [-0.2, -0.15) is 8.78 Å². The Bertz CT molecular complexity index is 561. The molecule has 0 saturated carbocycles. The normalized spacial score (nSPS) is 15.4. The molecule has 0 unspecified atom stereocenters. The molecule has 2 rings (SSSR count). The number of rotatable bonds is 5. The molecular weight excluding hydrogens is 338 g/mol. The Hall–Kier alpha value is -1.83. The van der Waals surface area contributed by atoms with Gasteiger partial charge in [0.25, 0.3) is 11.7 Å². The predicted octanol–water partition coefficient (Wildman–Crippen LogP) is 3.35. The minimum atomic E-state index is -2.48. The van der Waals surface area contributed by atoms with Gasteiger partial charge >= 0.3 is 6.09 Å². The number of thioether (sulfide) groups is 1. The number of likely N-dealkylation sites (tertiary alicyclic amines) is 1. The molecule has 1 saturated heterocycles. The number of benzene rings is 1. The monoisotopic (exact) mass is 358 g/mol. The Labute approximate surface area is 143 Å². The minimum absolute atomic E-state index is 0.0155. The first-order valence-corrected chi connectivity index (χ1v) is 8.65. The van der Waals surface area contributed by atoms with Gasteiger partial charge in [-0.15, -0.1) is 0 Å². The smallest absolute Gasteiger partial charge is 0.409 e. The lowest BCUT2D eigenvalue weighted by Crippen LogP contribution is -2.46. The van der Waals surface area contributed by atoms with E-state index in [1.165, 1.54) is 24.3 Å². The predicted molar refractivity (Wildman–Crippen MR) is 87.4 cm³/mol. The zero-order valence-corrected chi connectivity index (χ0v) is 14.2. The van der Waals surface area contributed by atoms with E-state index in [1.54, 1.807) is 11.8 Å². The summed E-state index contributed by atoms with van der Waals surface area (Å²) in [5.41, 5.74) is 0.432. The van der Waals surface area contributed by atoms with Gasteiger partial charge < -0.3 is 15.0 Å². The second kappa shape index (κ2) is 8.86. The Kier molecular flexibility index (Phi) is 6.84. The molecule has 24 heavy (non-hydrogen) atoms. The summed E-state index contributed by atoms with van der Waals surface area (Å²) < 4.78 is 29.5. The third-order valence-corrected chi connectivity index (χ3v) is 4.42. The number of nitrogens with zero attached hydrogens (tertiary/aromatic N) is 1. The molecule has 1 N–H and O–H groups in total. The van der Waals surface area contributed by atoms with E-state index < -0.39 is 5.76 Å². The molecule has 2 amide bonds. The van der Waals surface area contributed by atoms with Crippen LogP contribution in [0.15, 0.2) is 29.2 Å². The number of alkyl halides is 2. The van der Waals surface area contributed by atoms with E-state index in [2.05, 4.69) is 5.32 Å². The van der Waals surface area contributed by atoms with Crippen molar-refractivity contribution in [1.29, 1.82) is 0 Å². The zero-order valence-electron chi connectivity index (χ0n) is 13.3. The standard InChI is InChI=1S/C16H20F2N2O3S/c1-2-23-16(22)20-9-7-12(8-10-20)19-14(21)11-3-5-13(6-4-11)24-15(17)18/h3-6,12,15H,2,7-10H2,1H3,(H,19,21). The molecular formula is C16H20F2N2O3S. The van der Waals surface area contributed by atoms with Crippen LogP contribution < -0.4 is 5.32 Å². The summed E-state index contributed by atoms with van der Waals surface area (Å²) in [5, 5.41) is 2.91. The molecule has 0 aliphatic carbocycles. The summed E-state index contributed by atoms with van der Waals surface area (Å²) in [4.78, 5) is 25.9. The van der Waals surface area contributed by atoms with Crippen molar-refractivity contribution in [2.45, 2.75) is 36.5 Å². The van der Waals surface area contributed by atoms with Crippen LogP contribution in [0, 0.1) is 0 Å². The quantitative estimate of drug-likeness (QED) is 0.820. The zero-order chi connectivity index (χ0) is 17.5. The summed E-state index contributed by atoms with van der Waals surface area (Å²) in [6, 6.07) is 6.07. The highest BCUT2D eigenvalue weighted by Crippen LogP contribution is 2.25. The van der Waals surface area contributed by atoms with Crippen molar-refractivity contribution >= 4 is 23.8 Å². The summed E-state index contributed by atoms with van der Waals surface area (Å²) >= 11 is 0.447. The third kappa shape index (κ3) is 5.36. The fourth-order valence-corrected chi connectivity index (χ4v) is 2.98. The Morgan fingerprint density at radius 3 is 2.46 bits per heavy atom. The number of hydrogen-bond donors (Lipinski definition) is 1. The lowest BCUT2D eigenvalue weighted by Gasteiger charge is -2.31. The Morgan fingerprint density at radius 1 is 1.29 bits per heavy atom. The maximum atomic E-state index is 12.3. The first-order chi connectivity index (χ1) is 11.5. The van der Waals surface area contributed by atoms with Crippen molar-refractivity contribution in [3.05, 3.63) is 29.8 Å². The van der Waals surface area contributed by atoms with Gasteiger partial charge in [-0.3, -0.25) is 4.79 Å². The van der Waals surface area contributed by atoms with Crippen LogP contribution in [0.25, 0.3) is 0 Å². The van der Waals surface area contributed by atoms with Crippen LogP contribution in [0.5, 0.6) is 0 Å². The first-order valence-electron chi connectivity index (χ1n) is 7.77. The van der Waals surface area contributed by atoms with E-state index in [0.717, 1.165) is 0 Å². The SMILES string of the molecule is CCOC(=O)N1CCC(NC(=O)c2ccc(SC(F)F)cc2)CC1. The molecule has 0 bridgehead atoms. The van der Waals surface area contributed by atoms with Gasteiger partial charge in [0.1, 0.15) is 0 Å². The molecule has 1 aliphatic rings. The molecule has 1 aromatic rings. The second-order valence-electron chi connectivity index (χ2n) is 5.34. The number of piperidine rings is 1. The highest BCUT2D eigenvalue weighted by Gasteiger charge is 2.24. The van der Waals surface area contributed by atoms with Crippen LogP contribution in [-0.2, 0) is 4.74 Å². The summed E-state index contributed by atoms with van der Waals surface area (Å²) in [6.07, 6.45) is 0.989. The maximum Gasteiger partial charge on any atom is 0.409 e. The van der Waals surface area contributed by atoms with Gasteiger partial charge in [-0.05, 0) is 44.0 Å². The lowest BCUT2D eigenvalue weighted by molar-refractivity contribution is 0.0860. The fraction of sp³-hybridized carbons (Fsp3) is 0.500. The molecule has 1 aliphatic heterocycles. The van der Waals surface area contributed by atoms with E-state index in [1.807, 2.05) is 0 Å². The number of amides is 2. The van der Waals surface area contributed by atoms with Crippen LogP contribution in [-0.4, -0.2) is 48.4 Å². The van der Waals surface area contributed by atoms with Crippen molar-refractivity contribution in [3.8, 4) is 0 Å². The van der Waals surface area contributed by atoms with Crippen molar-refractivity contribution in [1.82, 2.24) is 10.2 Å². The van der Waals surface area contributed by atoms with E-state index in [0.29, 0.717) is 54.8 Å². The van der Waals surface area contributed by atoms with E-state index in [4.69, 9.17) is 4.74 Å². The molecule has 132 valence electrons. The van der Waals surface area contributed by atoms with Gasteiger partial charge in [0.15, 0.2) is 0 Å². The average Bonchev–Trinajstić information content (AvgIpc) is 2.56. The van der Waals surface area contributed by atoms with E-state index >= 15 is 0 Å². The molecule has 0 aromatic heterocycles. The molecule has 1 fully saturated rings. The van der Waals surface area contributed by atoms with Gasteiger partial charge in [0.2, 0.25) is 0 Å². The number of carbonyl (C=O) groups is 2. The number of hydrogen-bond acceptors (Lipinski definition) is 4. The molecule has 1 aromatic carbocycles. The summed E-state index contributed by atoms with van der Waals surface area (Å²) in [5.74, 6) is -2.72. The van der Waals surface area contributed by atoms with Crippen molar-refractivity contribution in [2.75, 3.05) is 19.7 Å². The molecule has 0 radical (unpaired) electrons. The van der Waals surface area contributed by atoms with Gasteiger partial charge in [-0.25, -0.2) is 4.79 Å². The highest BCUT2D eigenvalue weighted by atomic mass is 32.2. The number of carbonyl (C=O) groups excluding carboxylic acids is 2. The van der Waals surface area contributed by atoms with Crippen molar-refractivity contribution in [2.24, 2.45) is 0 Å². The van der Waals surface area contributed by atoms with Crippen LogP contribution in [0.2, 0.25) is 0 Å². The van der Waals surface area contributed by atoms with Crippen LogP contribution >= 0.6 is 11.8 Å². The Morgan fingerprint density at radius 2 is 1.92 bits per heavy atom. The van der Waals surface area contributed by atoms with Crippen molar-refractivity contribution < 1.29 is 23.1 Å². The number of nitrogens with one attached hydrogen (secondary N) is 1. The molecule has 5 nitrogen and oxygen atoms in total. The fourth-order valence-electron chi connectivity index (χ4n) is 2.48. The Balaban J connectivity index is 1.82. The van der Waals surface area contributed by atoms with E-state index in [-0.39, 0.29) is 18.0 Å². The number of ether oxygens (including phenoxy) is 1. The van der Waals surface area contributed by atoms with Crippen LogP contribution in [0.1, 0.15) is 30.1 Å². The molecule has 8 heteroatoms. The topological polar surface area (TPSA) is 58.6 Å². The van der Waals surface area contributed by atoms with E-state index in [9.17, 15) is 18.4 Å². The third-order valence-electron chi connectivity index (χ3n) is 3.70. The lowest BCUT2D eigenvalue weighted by atomic mass is 10.0. The van der Waals surface area contributed by atoms with Crippen molar-refractivity contribution in [3.63, 3.8) is 0 Å². The molecule has 0 atom stereocenters. The van der Waals surface area contributed by atoms with Gasteiger partial charge in [0.05, 0.1) is 6.61 Å². The minimum Gasteiger partial charge on any atom is -0.450 e. The second-order valence-corrected chi connectivity index (χ2v) is 6.40. The maximum absolute atomic E-state index is 12.3. The largest absolute Gasteiger partial charge is 0.450 e. The number of halogens is 2. The van der Waals surface area contributed by atoms with Crippen LogP contribution in [0.4, 0.5) is 13.6 Å². The molecule has 1 heterocycles. The highest BCUT2D eigenvalue weighted by molar-refractivity contribution is 7.99. The van der Waals surface area contributed by atoms with Gasteiger partial charge in [-0.1, -0.05) is 11.8 Å². The average molecular weight is 358 g/mol. The first kappa shape index (κ1) is 18.5. The summed E-state index contributed by atoms with van der Waals surface area (Å²) in [7, 11) is 0. The van der Waals surface area contributed by atoms with Gasteiger partial charge in [0, 0.05) is 29.6 Å². The van der Waals surface area contributed by atoms with Crippen LogP contribution in [0.3, 0.4) is 0 Å².